The summed E-state index contributed by atoms with van der Waals surface area (Å²) in [6.45, 7) is 7.93. The lowest BCUT2D eigenvalue weighted by molar-refractivity contribution is 0.102. The van der Waals surface area contributed by atoms with Gasteiger partial charge in [0.15, 0.2) is 0 Å². The molecule has 35 heavy (non-hydrogen) atoms. The number of anilines is 2. The van der Waals surface area contributed by atoms with Gasteiger partial charge in [-0.3, -0.25) is 9.36 Å². The molecule has 6 heteroatoms. The fourth-order valence-corrected chi connectivity index (χ4v) is 5.36. The number of nitrogens with zero attached hydrogens (tertiary/aromatic N) is 4. The number of benzene rings is 3. The molecule has 4 aromatic rings. The quantitative estimate of drug-likeness (QED) is 0.419. The number of rotatable bonds is 5. The van der Waals surface area contributed by atoms with Crippen molar-refractivity contribution in [3.8, 4) is 17.1 Å². The smallest absolute Gasteiger partial charge is 0.257 e. The fourth-order valence-electron chi connectivity index (χ4n) is 5.36. The summed E-state index contributed by atoms with van der Waals surface area (Å²) in [6, 6.07) is 22.5. The van der Waals surface area contributed by atoms with E-state index in [2.05, 4.69) is 50.9 Å². The Morgan fingerprint density at radius 3 is 2.63 bits per heavy atom. The molecule has 1 aromatic heterocycles. The number of imidazole rings is 1. The van der Waals surface area contributed by atoms with Gasteiger partial charge in [0.25, 0.3) is 5.91 Å². The summed E-state index contributed by atoms with van der Waals surface area (Å²) >= 11 is 0. The van der Waals surface area contributed by atoms with Crippen LogP contribution in [-0.4, -0.2) is 53.1 Å². The first-order chi connectivity index (χ1) is 17.2. The van der Waals surface area contributed by atoms with Gasteiger partial charge in [0.05, 0.1) is 28.0 Å². The number of para-hydroxylation sites is 3. The van der Waals surface area contributed by atoms with Crippen LogP contribution in [0.5, 0.6) is 0 Å². The van der Waals surface area contributed by atoms with E-state index in [1.165, 1.54) is 38.0 Å². The minimum atomic E-state index is -0.0993. The Balaban J connectivity index is 1.36. The molecule has 0 saturated carbocycles. The van der Waals surface area contributed by atoms with E-state index in [1.54, 1.807) is 0 Å². The maximum absolute atomic E-state index is 13.0. The lowest BCUT2D eigenvalue weighted by Gasteiger charge is -2.24. The molecule has 0 spiro atoms. The first-order valence-electron chi connectivity index (χ1n) is 12.7. The maximum Gasteiger partial charge on any atom is 0.257 e. The Morgan fingerprint density at radius 2 is 1.77 bits per heavy atom. The third-order valence-corrected chi connectivity index (χ3v) is 7.22. The number of hydrogen-bond donors (Lipinski definition) is 1. The van der Waals surface area contributed by atoms with Crippen molar-refractivity contribution in [3.05, 3.63) is 72.3 Å². The van der Waals surface area contributed by atoms with Crippen molar-refractivity contribution in [2.75, 3.05) is 42.9 Å². The summed E-state index contributed by atoms with van der Waals surface area (Å²) in [5.74, 6) is 0.752. The van der Waals surface area contributed by atoms with Gasteiger partial charge in [-0.25, -0.2) is 4.98 Å². The van der Waals surface area contributed by atoms with Crippen LogP contribution in [-0.2, 0) is 0 Å². The highest BCUT2D eigenvalue weighted by atomic mass is 16.1. The van der Waals surface area contributed by atoms with Gasteiger partial charge in [-0.05, 0) is 74.5 Å². The minimum Gasteiger partial charge on any atom is -0.370 e. The topological polar surface area (TPSA) is 53.4 Å². The van der Waals surface area contributed by atoms with Crippen LogP contribution in [0.3, 0.4) is 0 Å². The van der Waals surface area contributed by atoms with Crippen molar-refractivity contribution in [2.24, 2.45) is 0 Å². The molecule has 1 N–H and O–H groups in total. The molecular formula is C29H31N5O. The highest BCUT2D eigenvalue weighted by Crippen LogP contribution is 2.36. The zero-order valence-electron chi connectivity index (χ0n) is 20.2. The highest BCUT2D eigenvalue weighted by molar-refractivity contribution is 6.14. The molecule has 0 unspecified atom stereocenters. The predicted molar refractivity (Wildman–Crippen MR) is 143 cm³/mol. The molecule has 2 aliphatic rings. The molecule has 1 saturated heterocycles. The number of hydrogen-bond acceptors (Lipinski definition) is 4. The van der Waals surface area contributed by atoms with Crippen molar-refractivity contribution < 1.29 is 4.79 Å². The second-order valence-electron chi connectivity index (χ2n) is 9.50. The number of nitrogens with one attached hydrogen (secondary N) is 1. The summed E-state index contributed by atoms with van der Waals surface area (Å²) in [7, 11) is 0. The molecule has 6 nitrogen and oxygen atoms in total. The van der Waals surface area contributed by atoms with Crippen LogP contribution in [0.25, 0.3) is 28.1 Å². The van der Waals surface area contributed by atoms with Crippen molar-refractivity contribution >= 4 is 28.3 Å². The maximum atomic E-state index is 13.0. The van der Waals surface area contributed by atoms with Gasteiger partial charge in [0.1, 0.15) is 5.82 Å². The Labute approximate surface area is 206 Å². The SMILES string of the molecule is CCCCN1CCCN(c2ccc(-c3nc4cccc5c4n3-c3ccccc3NC5=O)cc2)CC1. The highest BCUT2D eigenvalue weighted by Gasteiger charge is 2.25. The van der Waals surface area contributed by atoms with E-state index in [1.807, 2.05) is 42.5 Å². The van der Waals surface area contributed by atoms with Crippen molar-refractivity contribution in [1.82, 2.24) is 14.5 Å². The zero-order chi connectivity index (χ0) is 23.8. The average Bonchev–Trinajstić information content (AvgIpc) is 3.03. The van der Waals surface area contributed by atoms with Crippen LogP contribution in [0.4, 0.5) is 11.4 Å². The van der Waals surface area contributed by atoms with Crippen LogP contribution in [0.15, 0.2) is 66.7 Å². The molecule has 0 radical (unpaired) electrons. The Bertz CT molecular complexity index is 1370. The molecule has 0 aliphatic carbocycles. The molecule has 3 heterocycles. The van der Waals surface area contributed by atoms with Gasteiger partial charge in [0.2, 0.25) is 0 Å². The number of unbranched alkanes of at least 4 members (excludes halogenated alkanes) is 1. The van der Waals surface area contributed by atoms with E-state index < -0.39 is 0 Å². The molecule has 1 amide bonds. The Hall–Kier alpha value is -3.64. The monoisotopic (exact) mass is 465 g/mol. The first kappa shape index (κ1) is 21.9. The van der Waals surface area contributed by atoms with Crippen LogP contribution in [0.1, 0.15) is 36.5 Å². The number of carbonyl (C=O) groups excluding carboxylic acids is 1. The molecule has 178 valence electrons. The largest absolute Gasteiger partial charge is 0.370 e. The summed E-state index contributed by atoms with van der Waals surface area (Å²) in [5, 5.41) is 3.07. The molecule has 3 aromatic carbocycles. The Kier molecular flexibility index (Phi) is 5.74. The number of amides is 1. The molecule has 0 bridgehead atoms. The third kappa shape index (κ3) is 3.98. The minimum absolute atomic E-state index is 0.0993. The van der Waals surface area contributed by atoms with Crippen molar-refractivity contribution in [2.45, 2.75) is 26.2 Å². The van der Waals surface area contributed by atoms with Crippen LogP contribution in [0, 0.1) is 0 Å². The van der Waals surface area contributed by atoms with Crippen molar-refractivity contribution in [1.29, 1.82) is 0 Å². The average molecular weight is 466 g/mol. The number of carbonyl (C=O) groups is 1. The van der Waals surface area contributed by atoms with Gasteiger partial charge in [-0.2, -0.15) is 0 Å². The fraction of sp³-hybridized carbons (Fsp3) is 0.310. The van der Waals surface area contributed by atoms with Gasteiger partial charge in [0, 0.05) is 30.9 Å². The second kappa shape index (κ2) is 9.19. The summed E-state index contributed by atoms with van der Waals surface area (Å²) in [4.78, 5) is 23.1. The third-order valence-electron chi connectivity index (χ3n) is 7.22. The van der Waals surface area contributed by atoms with E-state index in [9.17, 15) is 4.79 Å². The van der Waals surface area contributed by atoms with E-state index >= 15 is 0 Å². The summed E-state index contributed by atoms with van der Waals surface area (Å²) in [6.07, 6.45) is 3.73. The van der Waals surface area contributed by atoms with Gasteiger partial charge in [-0.15, -0.1) is 0 Å². The van der Waals surface area contributed by atoms with Crippen LogP contribution < -0.4 is 10.2 Å². The standard InChI is InChI=1S/C29H31N5O/c1-2-3-16-32-17-7-18-33(20-19-32)22-14-12-21(13-15-22)28-30-25-10-6-8-23-27(25)34(28)26-11-5-4-9-24(26)31-29(23)35/h4-6,8-15H,2-3,7,16-20H2,1H3,(H,31,35). The molecular weight excluding hydrogens is 434 g/mol. The lowest BCUT2D eigenvalue weighted by atomic mass is 10.1. The summed E-state index contributed by atoms with van der Waals surface area (Å²) < 4.78 is 2.13. The van der Waals surface area contributed by atoms with Crippen LogP contribution >= 0.6 is 0 Å². The van der Waals surface area contributed by atoms with E-state index in [4.69, 9.17) is 4.98 Å². The molecule has 2 aliphatic heterocycles. The molecule has 0 atom stereocenters. The zero-order valence-corrected chi connectivity index (χ0v) is 20.2. The number of fused-ring (bicyclic) bond motifs is 2. The number of aromatic nitrogens is 2. The van der Waals surface area contributed by atoms with E-state index in [-0.39, 0.29) is 5.91 Å². The van der Waals surface area contributed by atoms with Crippen molar-refractivity contribution in [3.63, 3.8) is 0 Å². The lowest BCUT2D eigenvalue weighted by Crippen LogP contribution is -2.31. The molecule has 6 rings (SSSR count). The van der Waals surface area contributed by atoms with E-state index in [0.29, 0.717) is 5.56 Å². The second-order valence-corrected chi connectivity index (χ2v) is 9.50. The van der Waals surface area contributed by atoms with Gasteiger partial charge >= 0.3 is 0 Å². The summed E-state index contributed by atoms with van der Waals surface area (Å²) in [5.41, 5.74) is 6.36. The first-order valence-corrected chi connectivity index (χ1v) is 12.7. The predicted octanol–water partition coefficient (Wildman–Crippen LogP) is 5.57. The van der Waals surface area contributed by atoms with Crippen LogP contribution in [0.2, 0.25) is 0 Å². The molecule has 1 fully saturated rings. The Morgan fingerprint density at radius 1 is 0.914 bits per heavy atom. The van der Waals surface area contributed by atoms with E-state index in [0.717, 1.165) is 53.4 Å². The van der Waals surface area contributed by atoms with Gasteiger partial charge in [-0.1, -0.05) is 31.5 Å². The van der Waals surface area contributed by atoms with Gasteiger partial charge < -0.3 is 15.1 Å². The normalized spacial score (nSPS) is 16.0.